The van der Waals surface area contributed by atoms with Crippen LogP contribution in [0.4, 0.5) is 10.5 Å². The van der Waals surface area contributed by atoms with Crippen LogP contribution in [0, 0.1) is 16.0 Å². The number of amides is 1. The molecule has 0 aliphatic carbocycles. The van der Waals surface area contributed by atoms with Gasteiger partial charge in [0.05, 0.1) is 4.92 Å². The summed E-state index contributed by atoms with van der Waals surface area (Å²) in [6, 6.07) is 6.01. The fourth-order valence-electron chi connectivity index (χ4n) is 2.24. The van der Waals surface area contributed by atoms with E-state index in [-0.39, 0.29) is 11.6 Å². The predicted octanol–water partition coefficient (Wildman–Crippen LogP) is 3.23. The Kier molecular flexibility index (Phi) is 4.68. The SMILES string of the molecule is CC1CN=C(c2ccc([N+](=O)[O-])cc2)N(C(=O)OC(C)(C)C)C1. The molecule has 7 heteroatoms. The molecule has 23 heavy (non-hydrogen) atoms. The molecule has 0 fully saturated rings. The first kappa shape index (κ1) is 16.9. The molecule has 0 N–H and O–H groups in total. The van der Waals surface area contributed by atoms with Gasteiger partial charge in [0.15, 0.2) is 0 Å². The van der Waals surface area contributed by atoms with Crippen LogP contribution in [0.2, 0.25) is 0 Å². The van der Waals surface area contributed by atoms with Crippen molar-refractivity contribution in [2.24, 2.45) is 10.9 Å². The van der Waals surface area contributed by atoms with Gasteiger partial charge in [-0.2, -0.15) is 0 Å². The van der Waals surface area contributed by atoms with E-state index in [0.717, 1.165) is 0 Å². The van der Waals surface area contributed by atoms with Gasteiger partial charge in [-0.25, -0.2) is 4.79 Å². The molecule has 0 aromatic heterocycles. The number of nitrogens with zero attached hydrogens (tertiary/aromatic N) is 3. The van der Waals surface area contributed by atoms with Crippen LogP contribution < -0.4 is 0 Å². The molecule has 1 atom stereocenters. The molecule has 0 radical (unpaired) electrons. The van der Waals surface area contributed by atoms with Crippen molar-refractivity contribution in [2.75, 3.05) is 13.1 Å². The Morgan fingerprint density at radius 3 is 2.48 bits per heavy atom. The van der Waals surface area contributed by atoms with E-state index in [2.05, 4.69) is 4.99 Å². The van der Waals surface area contributed by atoms with E-state index in [4.69, 9.17) is 4.74 Å². The average Bonchev–Trinajstić information content (AvgIpc) is 2.45. The summed E-state index contributed by atoms with van der Waals surface area (Å²) in [5.74, 6) is 0.719. The van der Waals surface area contributed by atoms with Crippen molar-refractivity contribution < 1.29 is 14.5 Å². The van der Waals surface area contributed by atoms with Crippen LogP contribution in [-0.4, -0.2) is 40.4 Å². The maximum absolute atomic E-state index is 12.4. The number of hydrogen-bond donors (Lipinski definition) is 0. The summed E-state index contributed by atoms with van der Waals surface area (Å²) in [6.07, 6.45) is -0.457. The van der Waals surface area contributed by atoms with Crippen LogP contribution in [0.3, 0.4) is 0 Å². The fraction of sp³-hybridized carbons (Fsp3) is 0.500. The van der Waals surface area contributed by atoms with Gasteiger partial charge >= 0.3 is 6.09 Å². The lowest BCUT2D eigenvalue weighted by molar-refractivity contribution is -0.384. The van der Waals surface area contributed by atoms with Crippen LogP contribution in [0.5, 0.6) is 0 Å². The smallest absolute Gasteiger partial charge is 0.416 e. The first-order valence-corrected chi connectivity index (χ1v) is 7.47. The lowest BCUT2D eigenvalue weighted by atomic mass is 10.1. The zero-order valence-corrected chi connectivity index (χ0v) is 13.8. The maximum Gasteiger partial charge on any atom is 0.416 e. The largest absolute Gasteiger partial charge is 0.443 e. The highest BCUT2D eigenvalue weighted by Gasteiger charge is 2.30. The molecule has 1 aliphatic heterocycles. The third-order valence-corrected chi connectivity index (χ3v) is 3.25. The van der Waals surface area contributed by atoms with Gasteiger partial charge < -0.3 is 4.74 Å². The van der Waals surface area contributed by atoms with E-state index in [1.54, 1.807) is 32.9 Å². The van der Waals surface area contributed by atoms with E-state index in [1.165, 1.54) is 17.0 Å². The minimum absolute atomic E-state index is 0.00217. The Morgan fingerprint density at radius 1 is 1.35 bits per heavy atom. The van der Waals surface area contributed by atoms with E-state index in [0.29, 0.717) is 24.5 Å². The zero-order valence-electron chi connectivity index (χ0n) is 13.8. The topological polar surface area (TPSA) is 85.0 Å². The second kappa shape index (κ2) is 6.36. The first-order valence-electron chi connectivity index (χ1n) is 7.47. The third kappa shape index (κ3) is 4.28. The van der Waals surface area contributed by atoms with Crippen molar-refractivity contribution in [1.82, 2.24) is 4.90 Å². The standard InChI is InChI=1S/C16H21N3O4/c1-11-9-17-14(12-5-7-13(8-6-12)19(21)22)18(10-11)15(20)23-16(2,3)4/h5-8,11H,9-10H2,1-4H3. The van der Waals surface area contributed by atoms with Crippen molar-refractivity contribution in [3.05, 3.63) is 39.9 Å². The average molecular weight is 319 g/mol. The Hall–Kier alpha value is -2.44. The second-order valence-corrected chi connectivity index (χ2v) is 6.66. The highest BCUT2D eigenvalue weighted by molar-refractivity contribution is 6.07. The molecule has 1 amide bonds. The van der Waals surface area contributed by atoms with Crippen LogP contribution in [0.15, 0.2) is 29.3 Å². The van der Waals surface area contributed by atoms with Crippen LogP contribution in [0.1, 0.15) is 33.3 Å². The summed E-state index contributed by atoms with van der Waals surface area (Å²) in [7, 11) is 0. The fourth-order valence-corrected chi connectivity index (χ4v) is 2.24. The molecular formula is C16H21N3O4. The van der Waals surface area contributed by atoms with Crippen LogP contribution >= 0.6 is 0 Å². The summed E-state index contributed by atoms with van der Waals surface area (Å²) in [4.78, 5) is 28.7. The summed E-state index contributed by atoms with van der Waals surface area (Å²) in [5, 5.41) is 10.8. The van der Waals surface area contributed by atoms with Gasteiger partial charge in [0.2, 0.25) is 0 Å². The van der Waals surface area contributed by atoms with Crippen molar-refractivity contribution in [3.8, 4) is 0 Å². The number of rotatable bonds is 2. The third-order valence-electron chi connectivity index (χ3n) is 3.25. The van der Waals surface area contributed by atoms with E-state index in [9.17, 15) is 14.9 Å². The molecule has 1 aliphatic rings. The maximum atomic E-state index is 12.4. The molecule has 0 saturated heterocycles. The zero-order chi connectivity index (χ0) is 17.2. The summed E-state index contributed by atoms with van der Waals surface area (Å²) >= 11 is 0. The Labute approximate surface area is 135 Å². The van der Waals surface area contributed by atoms with Gasteiger partial charge in [0, 0.05) is 30.8 Å². The molecule has 0 saturated carbocycles. The Balaban J connectivity index is 2.29. The van der Waals surface area contributed by atoms with Crippen molar-refractivity contribution in [3.63, 3.8) is 0 Å². The molecule has 0 spiro atoms. The molecule has 1 aromatic carbocycles. The first-order chi connectivity index (χ1) is 10.7. The minimum Gasteiger partial charge on any atom is -0.443 e. The van der Waals surface area contributed by atoms with Gasteiger partial charge in [0.1, 0.15) is 11.4 Å². The molecule has 2 rings (SSSR count). The van der Waals surface area contributed by atoms with Gasteiger partial charge in [0.25, 0.3) is 5.69 Å². The molecule has 1 unspecified atom stereocenters. The van der Waals surface area contributed by atoms with Gasteiger partial charge in [-0.3, -0.25) is 20.0 Å². The van der Waals surface area contributed by atoms with Crippen molar-refractivity contribution in [1.29, 1.82) is 0 Å². The predicted molar refractivity (Wildman–Crippen MR) is 86.6 cm³/mol. The highest BCUT2D eigenvalue weighted by Crippen LogP contribution is 2.20. The number of non-ortho nitro benzene ring substituents is 1. The molecule has 124 valence electrons. The number of nitro groups is 1. The molecule has 1 heterocycles. The van der Waals surface area contributed by atoms with Crippen molar-refractivity contribution in [2.45, 2.75) is 33.3 Å². The van der Waals surface area contributed by atoms with Gasteiger partial charge in [-0.1, -0.05) is 6.92 Å². The lowest BCUT2D eigenvalue weighted by Gasteiger charge is -2.32. The number of amidine groups is 1. The van der Waals surface area contributed by atoms with E-state index >= 15 is 0 Å². The normalized spacial score (nSPS) is 18.3. The lowest BCUT2D eigenvalue weighted by Crippen LogP contribution is -2.46. The van der Waals surface area contributed by atoms with Gasteiger partial charge in [-0.15, -0.1) is 0 Å². The van der Waals surface area contributed by atoms with Crippen LogP contribution in [-0.2, 0) is 4.74 Å². The van der Waals surface area contributed by atoms with Gasteiger partial charge in [-0.05, 0) is 38.8 Å². The molecule has 1 aromatic rings. The number of ether oxygens (including phenoxy) is 1. The molecular weight excluding hydrogens is 298 g/mol. The summed E-state index contributed by atoms with van der Waals surface area (Å²) < 4.78 is 5.44. The Morgan fingerprint density at radius 2 is 1.96 bits per heavy atom. The molecule has 7 nitrogen and oxygen atoms in total. The summed E-state index contributed by atoms with van der Waals surface area (Å²) in [5.41, 5.74) is 0.0638. The van der Waals surface area contributed by atoms with E-state index in [1.807, 2.05) is 6.92 Å². The number of hydrogen-bond acceptors (Lipinski definition) is 5. The number of carbonyl (C=O) groups excluding carboxylic acids is 1. The number of aliphatic imine (C=N–C) groups is 1. The number of nitro benzene ring substituents is 1. The second-order valence-electron chi connectivity index (χ2n) is 6.66. The minimum atomic E-state index is -0.599. The van der Waals surface area contributed by atoms with Crippen LogP contribution in [0.25, 0.3) is 0 Å². The monoisotopic (exact) mass is 319 g/mol. The van der Waals surface area contributed by atoms with E-state index < -0.39 is 16.6 Å². The highest BCUT2D eigenvalue weighted by atomic mass is 16.6. The van der Waals surface area contributed by atoms with Crippen molar-refractivity contribution >= 4 is 17.6 Å². The number of benzene rings is 1. The Bertz CT molecular complexity index is 632. The molecule has 0 bridgehead atoms. The quantitative estimate of drug-likeness (QED) is 0.618. The summed E-state index contributed by atoms with van der Waals surface area (Å²) in [6.45, 7) is 8.53. The number of carbonyl (C=O) groups is 1.